The van der Waals surface area contributed by atoms with Gasteiger partial charge in [-0.2, -0.15) is 0 Å². The maximum Gasteiger partial charge on any atom is 0.350 e. The number of carbonyl (C=O) groups excluding carboxylic acids is 2. The number of carbonyl (C=O) groups is 2. The van der Waals surface area contributed by atoms with Gasteiger partial charge in [0.2, 0.25) is 0 Å². The van der Waals surface area contributed by atoms with Crippen LogP contribution in [0.3, 0.4) is 0 Å². The number of ether oxygens (including phenoxy) is 2. The molecule has 1 aliphatic rings. The van der Waals surface area contributed by atoms with E-state index in [1.54, 1.807) is 13.0 Å². The number of cyclic esters (lactones) is 2. The minimum Gasteiger partial charge on any atom is -0.419 e. The third-order valence-electron chi connectivity index (χ3n) is 2.74. The van der Waals surface area contributed by atoms with Gasteiger partial charge in [0.1, 0.15) is 5.82 Å². The fourth-order valence-electron chi connectivity index (χ4n) is 1.70. The highest BCUT2D eigenvalue weighted by Crippen LogP contribution is 2.27. The van der Waals surface area contributed by atoms with Gasteiger partial charge in [-0.1, -0.05) is 0 Å². The zero-order valence-corrected chi connectivity index (χ0v) is 13.2. The number of anilines is 1. The number of aryl methyl sites for hydroxylation is 1. The maximum atomic E-state index is 13.3. The molecular formula is C14H13BrFNO4. The van der Waals surface area contributed by atoms with Crippen LogP contribution in [0.4, 0.5) is 10.1 Å². The Bertz CT molecular complexity index is 633. The summed E-state index contributed by atoms with van der Waals surface area (Å²) >= 11 is 3.19. The smallest absolute Gasteiger partial charge is 0.350 e. The quantitative estimate of drug-likeness (QED) is 0.500. The van der Waals surface area contributed by atoms with Gasteiger partial charge in [0.05, 0.1) is 5.69 Å². The molecule has 0 unspecified atom stereocenters. The van der Waals surface area contributed by atoms with Crippen LogP contribution < -0.4 is 5.32 Å². The van der Waals surface area contributed by atoms with Crippen LogP contribution in [0.15, 0.2) is 28.4 Å². The van der Waals surface area contributed by atoms with Crippen LogP contribution in [0.2, 0.25) is 0 Å². The average Bonchev–Trinajstić information content (AvgIpc) is 2.32. The number of nitrogens with one attached hydrogen (secondary N) is 1. The minimum absolute atomic E-state index is 0.261. The van der Waals surface area contributed by atoms with Gasteiger partial charge in [0.15, 0.2) is 5.57 Å². The van der Waals surface area contributed by atoms with Crippen LogP contribution in [-0.4, -0.2) is 17.7 Å². The number of esters is 2. The second-order valence-corrected chi connectivity index (χ2v) is 5.82. The summed E-state index contributed by atoms with van der Waals surface area (Å²) in [6, 6.07) is 2.83. The van der Waals surface area contributed by atoms with Crippen molar-refractivity contribution in [2.24, 2.45) is 0 Å². The average molecular weight is 358 g/mol. The lowest BCUT2D eigenvalue weighted by atomic mass is 10.2. The Morgan fingerprint density at radius 3 is 2.38 bits per heavy atom. The van der Waals surface area contributed by atoms with Gasteiger partial charge in [0.25, 0.3) is 5.79 Å². The molecule has 0 amide bonds. The molecule has 5 nitrogen and oxygen atoms in total. The van der Waals surface area contributed by atoms with Crippen molar-refractivity contribution >= 4 is 33.6 Å². The van der Waals surface area contributed by atoms with Crippen molar-refractivity contribution < 1.29 is 23.5 Å². The molecule has 0 atom stereocenters. The number of rotatable bonds is 2. The Balaban J connectivity index is 2.24. The molecule has 1 heterocycles. The van der Waals surface area contributed by atoms with Gasteiger partial charge in [-0.15, -0.1) is 0 Å². The van der Waals surface area contributed by atoms with Crippen molar-refractivity contribution in [2.75, 3.05) is 5.32 Å². The topological polar surface area (TPSA) is 64.6 Å². The van der Waals surface area contributed by atoms with E-state index in [1.807, 2.05) is 0 Å². The van der Waals surface area contributed by atoms with Crippen LogP contribution in [0.1, 0.15) is 19.4 Å². The summed E-state index contributed by atoms with van der Waals surface area (Å²) in [4.78, 5) is 23.5. The van der Waals surface area contributed by atoms with E-state index in [1.165, 1.54) is 26.1 Å². The van der Waals surface area contributed by atoms with Crippen molar-refractivity contribution in [3.63, 3.8) is 0 Å². The molecule has 0 radical (unpaired) electrons. The van der Waals surface area contributed by atoms with Crippen LogP contribution in [-0.2, 0) is 19.1 Å². The number of hydrogen-bond donors (Lipinski definition) is 1. The van der Waals surface area contributed by atoms with E-state index in [0.29, 0.717) is 15.7 Å². The van der Waals surface area contributed by atoms with Crippen molar-refractivity contribution in [1.29, 1.82) is 0 Å². The fraction of sp³-hybridized carbons (Fsp3) is 0.286. The van der Waals surface area contributed by atoms with Gasteiger partial charge < -0.3 is 14.8 Å². The minimum atomic E-state index is -1.28. The Hall–Kier alpha value is -1.89. The monoisotopic (exact) mass is 357 g/mol. The zero-order valence-electron chi connectivity index (χ0n) is 11.6. The third kappa shape index (κ3) is 3.41. The lowest BCUT2D eigenvalue weighted by Crippen LogP contribution is -2.42. The van der Waals surface area contributed by atoms with Crippen molar-refractivity contribution in [2.45, 2.75) is 26.6 Å². The molecule has 0 aliphatic carbocycles. The highest BCUT2D eigenvalue weighted by Gasteiger charge is 2.38. The molecule has 2 rings (SSSR count). The van der Waals surface area contributed by atoms with Gasteiger partial charge >= 0.3 is 11.9 Å². The first-order valence-electron chi connectivity index (χ1n) is 6.08. The summed E-state index contributed by atoms with van der Waals surface area (Å²) in [6.07, 6.45) is 1.18. The molecule has 0 saturated carbocycles. The van der Waals surface area contributed by atoms with Gasteiger partial charge in [-0.25, -0.2) is 14.0 Å². The van der Waals surface area contributed by atoms with Crippen LogP contribution in [0, 0.1) is 12.7 Å². The Kier molecular flexibility index (Phi) is 4.04. The van der Waals surface area contributed by atoms with Crippen molar-refractivity contribution in [1.82, 2.24) is 0 Å². The molecule has 1 aliphatic heterocycles. The third-order valence-corrected chi connectivity index (χ3v) is 3.39. The number of hydrogen-bond acceptors (Lipinski definition) is 5. The number of benzene rings is 1. The molecule has 1 N–H and O–H groups in total. The molecule has 1 aromatic rings. The first-order valence-corrected chi connectivity index (χ1v) is 6.88. The largest absolute Gasteiger partial charge is 0.419 e. The molecular weight excluding hydrogens is 345 g/mol. The van der Waals surface area contributed by atoms with E-state index >= 15 is 0 Å². The van der Waals surface area contributed by atoms with E-state index in [9.17, 15) is 14.0 Å². The van der Waals surface area contributed by atoms with E-state index in [-0.39, 0.29) is 11.4 Å². The summed E-state index contributed by atoms with van der Waals surface area (Å²) in [5.41, 5.74) is 0.670. The molecule has 1 fully saturated rings. The molecule has 7 heteroatoms. The maximum absolute atomic E-state index is 13.3. The molecule has 1 saturated heterocycles. The lowest BCUT2D eigenvalue weighted by Gasteiger charge is -2.29. The first-order chi connectivity index (χ1) is 9.69. The molecule has 0 spiro atoms. The lowest BCUT2D eigenvalue weighted by molar-refractivity contribution is -0.222. The van der Waals surface area contributed by atoms with Crippen LogP contribution >= 0.6 is 15.9 Å². The van der Waals surface area contributed by atoms with E-state index in [4.69, 9.17) is 9.47 Å². The summed E-state index contributed by atoms with van der Waals surface area (Å²) < 4.78 is 23.7. The molecule has 0 aromatic heterocycles. The standard InChI is InChI=1S/C14H13BrFNO4/c1-7-4-11(9(15)5-10(7)16)17-6-8-12(18)20-14(2,3)21-13(8)19/h4-6,17H,1-3H3. The summed E-state index contributed by atoms with van der Waals surface area (Å²) in [6.45, 7) is 4.53. The predicted molar refractivity (Wildman–Crippen MR) is 76.8 cm³/mol. The molecule has 0 bridgehead atoms. The highest BCUT2D eigenvalue weighted by atomic mass is 79.9. The first kappa shape index (κ1) is 15.5. The predicted octanol–water partition coefficient (Wildman–Crippen LogP) is 3.03. The highest BCUT2D eigenvalue weighted by molar-refractivity contribution is 9.10. The summed E-state index contributed by atoms with van der Waals surface area (Å²) in [5.74, 6) is -3.20. The second-order valence-electron chi connectivity index (χ2n) is 4.96. The fourth-order valence-corrected chi connectivity index (χ4v) is 2.13. The Labute approximate surface area is 129 Å². The van der Waals surface area contributed by atoms with Gasteiger partial charge in [-0.3, -0.25) is 0 Å². The normalized spacial score (nSPS) is 17.1. The second kappa shape index (κ2) is 5.48. The van der Waals surface area contributed by atoms with Crippen LogP contribution in [0.5, 0.6) is 0 Å². The molecule has 112 valence electrons. The Morgan fingerprint density at radius 1 is 1.24 bits per heavy atom. The van der Waals surface area contributed by atoms with E-state index < -0.39 is 17.7 Å². The SMILES string of the molecule is Cc1cc(NC=C2C(=O)OC(C)(C)OC2=O)c(Br)cc1F. The van der Waals surface area contributed by atoms with Gasteiger partial charge in [-0.05, 0) is 40.5 Å². The molecule has 1 aromatic carbocycles. The number of halogens is 2. The zero-order chi connectivity index (χ0) is 15.8. The summed E-state index contributed by atoms with van der Waals surface area (Å²) in [7, 11) is 0. The van der Waals surface area contributed by atoms with Crippen LogP contribution in [0.25, 0.3) is 0 Å². The van der Waals surface area contributed by atoms with Gasteiger partial charge in [0, 0.05) is 24.5 Å². The summed E-state index contributed by atoms with van der Waals surface area (Å²) in [5, 5.41) is 2.76. The van der Waals surface area contributed by atoms with E-state index in [2.05, 4.69) is 21.2 Å². The molecule has 21 heavy (non-hydrogen) atoms. The van der Waals surface area contributed by atoms with Crippen molar-refractivity contribution in [3.05, 3.63) is 39.8 Å². The Morgan fingerprint density at radius 2 is 1.81 bits per heavy atom. The van der Waals surface area contributed by atoms with E-state index in [0.717, 1.165) is 0 Å². The van der Waals surface area contributed by atoms with Crippen molar-refractivity contribution in [3.8, 4) is 0 Å².